The first kappa shape index (κ1) is 15.4. The van der Waals surface area contributed by atoms with Crippen LogP contribution in [0.4, 0.5) is 0 Å². The van der Waals surface area contributed by atoms with Crippen molar-refractivity contribution in [3.63, 3.8) is 0 Å². The summed E-state index contributed by atoms with van der Waals surface area (Å²) < 4.78 is 11.9. The minimum atomic E-state index is 0.0340. The highest BCUT2D eigenvalue weighted by atomic mass is 127. The lowest BCUT2D eigenvalue weighted by atomic mass is 10.0. The van der Waals surface area contributed by atoms with E-state index in [9.17, 15) is 0 Å². The van der Waals surface area contributed by atoms with Gasteiger partial charge in [-0.1, -0.05) is 52.9 Å². The summed E-state index contributed by atoms with van der Waals surface area (Å²) in [5.74, 6) is 0. The van der Waals surface area contributed by atoms with E-state index in [0.29, 0.717) is 0 Å². The van der Waals surface area contributed by atoms with E-state index in [1.54, 1.807) is 7.11 Å². The van der Waals surface area contributed by atoms with E-state index in [-0.39, 0.29) is 18.8 Å². The first-order chi connectivity index (χ1) is 8.80. The average molecular weight is 359 g/mol. The van der Waals surface area contributed by atoms with Crippen molar-refractivity contribution in [2.24, 2.45) is 0 Å². The first-order valence-electron chi connectivity index (χ1n) is 5.91. The van der Waals surface area contributed by atoms with E-state index in [0.717, 1.165) is 17.3 Å². The van der Waals surface area contributed by atoms with Gasteiger partial charge in [-0.15, -0.1) is 0 Å². The highest BCUT2D eigenvalue weighted by Crippen LogP contribution is 2.14. The van der Waals surface area contributed by atoms with Gasteiger partial charge in [0.2, 0.25) is 0 Å². The quantitative estimate of drug-likeness (QED) is 0.529. The smallest absolute Gasteiger partial charge is 0.134 e. The summed E-state index contributed by atoms with van der Waals surface area (Å²) in [5.41, 5.74) is 1.23. The van der Waals surface area contributed by atoms with Gasteiger partial charge >= 0.3 is 0 Å². The molecule has 0 heterocycles. The van der Waals surface area contributed by atoms with Crippen molar-refractivity contribution in [2.75, 3.05) is 18.1 Å². The summed E-state index contributed by atoms with van der Waals surface area (Å²) in [7, 11) is 1.72. The highest BCUT2D eigenvalue weighted by molar-refractivity contribution is 14.1. The second-order valence-electron chi connectivity index (χ2n) is 4.03. The molecule has 0 fully saturated rings. The molecular weight excluding hydrogens is 341 g/mol. The Morgan fingerprint density at radius 1 is 1.28 bits per heavy atom. The number of hydrogen-bond donors (Lipinski definition) is 0. The van der Waals surface area contributed by atoms with Gasteiger partial charge in [0.25, 0.3) is 0 Å². The van der Waals surface area contributed by atoms with E-state index < -0.39 is 0 Å². The average Bonchev–Trinajstić information content (AvgIpc) is 2.42. The second-order valence-corrected chi connectivity index (χ2v) is 4.91. The van der Waals surface area contributed by atoms with Crippen LogP contribution in [0.3, 0.4) is 0 Å². The predicted octanol–water partition coefficient (Wildman–Crippen LogP) is 2.98. The molecule has 0 bridgehead atoms. The zero-order valence-corrected chi connectivity index (χ0v) is 12.7. The third-order valence-corrected chi connectivity index (χ3v) is 3.70. The number of halogens is 1. The summed E-state index contributed by atoms with van der Waals surface area (Å²) in [5, 5.41) is 8.62. The Hall–Kier alpha value is -0.640. The lowest BCUT2D eigenvalue weighted by Crippen LogP contribution is -2.25. The summed E-state index contributed by atoms with van der Waals surface area (Å²) in [6.07, 6.45) is 1.85. The molecule has 3 nitrogen and oxygen atoms in total. The molecule has 0 amide bonds. The number of benzene rings is 1. The molecule has 98 valence electrons. The van der Waals surface area contributed by atoms with Crippen LogP contribution in [0.5, 0.6) is 0 Å². The minimum Gasteiger partial charge on any atom is -0.381 e. The van der Waals surface area contributed by atoms with E-state index in [4.69, 9.17) is 14.7 Å². The van der Waals surface area contributed by atoms with Crippen LogP contribution in [0.15, 0.2) is 30.3 Å². The number of methoxy groups -OCH3 is 1. The predicted molar refractivity (Wildman–Crippen MR) is 79.8 cm³/mol. The van der Waals surface area contributed by atoms with E-state index >= 15 is 0 Å². The van der Waals surface area contributed by atoms with Crippen LogP contribution in [0, 0.1) is 11.3 Å². The van der Waals surface area contributed by atoms with Crippen molar-refractivity contribution >= 4 is 22.6 Å². The molecule has 4 heteroatoms. The van der Waals surface area contributed by atoms with Crippen molar-refractivity contribution in [2.45, 2.75) is 25.0 Å². The molecule has 0 radical (unpaired) electrons. The van der Waals surface area contributed by atoms with Gasteiger partial charge in [0.1, 0.15) is 6.61 Å². The Morgan fingerprint density at radius 2 is 2.00 bits per heavy atom. The highest BCUT2D eigenvalue weighted by Gasteiger charge is 2.16. The summed E-state index contributed by atoms with van der Waals surface area (Å²) in [4.78, 5) is 0. The standard InChI is InChI=1S/C14H18INO2/c1-17-14(11-15)10-13(18-8-7-16)9-12-5-3-2-4-6-12/h2-6,13-14H,8-11H2,1H3/t13-,14-/m0/s1. The number of nitrogens with zero attached hydrogens (tertiary/aromatic N) is 1. The maximum absolute atomic E-state index is 8.62. The van der Waals surface area contributed by atoms with Gasteiger partial charge in [0.15, 0.2) is 0 Å². The Balaban J connectivity index is 2.57. The number of alkyl halides is 1. The molecule has 0 aromatic heterocycles. The fourth-order valence-corrected chi connectivity index (χ4v) is 2.48. The van der Waals surface area contributed by atoms with Crippen molar-refractivity contribution in [1.82, 2.24) is 0 Å². The number of rotatable bonds is 8. The van der Waals surface area contributed by atoms with Gasteiger partial charge in [-0.25, -0.2) is 0 Å². The number of nitriles is 1. The Morgan fingerprint density at radius 3 is 2.56 bits per heavy atom. The van der Waals surface area contributed by atoms with Crippen LogP contribution in [-0.4, -0.2) is 30.4 Å². The molecule has 1 rings (SSSR count). The fourth-order valence-electron chi connectivity index (χ4n) is 1.76. The SMILES string of the molecule is CO[C@H](CI)C[C@H](Cc1ccccc1)OCC#N. The summed E-state index contributed by atoms with van der Waals surface area (Å²) in [6, 6.07) is 12.2. The van der Waals surface area contributed by atoms with Crippen LogP contribution in [0.2, 0.25) is 0 Å². The summed E-state index contributed by atoms with van der Waals surface area (Å²) >= 11 is 2.31. The molecule has 0 N–H and O–H groups in total. The Kier molecular flexibility index (Phi) is 7.98. The zero-order valence-electron chi connectivity index (χ0n) is 10.5. The molecule has 0 unspecified atom stereocenters. The molecule has 1 aromatic rings. The van der Waals surface area contributed by atoms with Crippen LogP contribution in [0.1, 0.15) is 12.0 Å². The summed E-state index contributed by atoms with van der Waals surface area (Å²) in [6.45, 7) is 0.134. The molecule has 0 aliphatic carbocycles. The molecule has 0 aliphatic rings. The molecule has 0 saturated carbocycles. The molecule has 1 aromatic carbocycles. The van der Waals surface area contributed by atoms with Gasteiger partial charge in [-0.2, -0.15) is 5.26 Å². The van der Waals surface area contributed by atoms with Crippen molar-refractivity contribution in [3.05, 3.63) is 35.9 Å². The normalized spacial score (nSPS) is 13.8. The zero-order chi connectivity index (χ0) is 13.2. The Bertz CT molecular complexity index is 360. The largest absolute Gasteiger partial charge is 0.381 e. The van der Waals surface area contributed by atoms with Crippen molar-refractivity contribution < 1.29 is 9.47 Å². The lowest BCUT2D eigenvalue weighted by Gasteiger charge is -2.21. The molecular formula is C14H18INO2. The monoisotopic (exact) mass is 359 g/mol. The van der Waals surface area contributed by atoms with E-state index in [2.05, 4.69) is 34.7 Å². The van der Waals surface area contributed by atoms with E-state index in [1.807, 2.05) is 24.3 Å². The topological polar surface area (TPSA) is 42.2 Å². The van der Waals surface area contributed by atoms with Gasteiger partial charge < -0.3 is 9.47 Å². The van der Waals surface area contributed by atoms with Crippen LogP contribution in [-0.2, 0) is 15.9 Å². The molecule has 0 aliphatic heterocycles. The van der Waals surface area contributed by atoms with Crippen LogP contribution >= 0.6 is 22.6 Å². The van der Waals surface area contributed by atoms with Crippen LogP contribution < -0.4 is 0 Å². The minimum absolute atomic E-state index is 0.0340. The van der Waals surface area contributed by atoms with Crippen molar-refractivity contribution in [1.29, 1.82) is 5.26 Å². The third-order valence-electron chi connectivity index (χ3n) is 2.72. The maximum atomic E-state index is 8.62. The lowest BCUT2D eigenvalue weighted by molar-refractivity contribution is 0.0210. The van der Waals surface area contributed by atoms with Gasteiger partial charge in [0.05, 0.1) is 18.3 Å². The molecule has 18 heavy (non-hydrogen) atoms. The number of ether oxygens (including phenoxy) is 2. The maximum Gasteiger partial charge on any atom is 0.134 e. The number of hydrogen-bond acceptors (Lipinski definition) is 3. The van der Waals surface area contributed by atoms with Gasteiger partial charge in [-0.3, -0.25) is 0 Å². The van der Waals surface area contributed by atoms with E-state index in [1.165, 1.54) is 5.56 Å². The van der Waals surface area contributed by atoms with Gasteiger partial charge in [0, 0.05) is 18.0 Å². The third kappa shape index (κ3) is 5.80. The van der Waals surface area contributed by atoms with Crippen LogP contribution in [0.25, 0.3) is 0 Å². The molecule has 0 spiro atoms. The molecule has 2 atom stereocenters. The van der Waals surface area contributed by atoms with Gasteiger partial charge in [-0.05, 0) is 12.0 Å². The first-order valence-corrected chi connectivity index (χ1v) is 7.44. The fraction of sp³-hybridized carbons (Fsp3) is 0.500. The second kappa shape index (κ2) is 9.31. The van der Waals surface area contributed by atoms with Crippen molar-refractivity contribution in [3.8, 4) is 6.07 Å². The Labute approximate surface area is 122 Å². The molecule has 0 saturated heterocycles.